The number of nitrogens with zero attached hydrogens (tertiary/aromatic N) is 3. The molecule has 1 amide bonds. The van der Waals surface area contributed by atoms with E-state index in [4.69, 9.17) is 0 Å². The first kappa shape index (κ1) is 15.5. The molecule has 0 aliphatic carbocycles. The first-order chi connectivity index (χ1) is 11.2. The van der Waals surface area contributed by atoms with E-state index in [0.29, 0.717) is 19.0 Å². The van der Waals surface area contributed by atoms with Crippen LogP contribution in [0.2, 0.25) is 0 Å². The lowest BCUT2D eigenvalue weighted by molar-refractivity contribution is -0.125. The van der Waals surface area contributed by atoms with Crippen LogP contribution in [0.4, 0.5) is 5.95 Å². The maximum Gasteiger partial charge on any atom is 0.225 e. The van der Waals surface area contributed by atoms with Crippen molar-refractivity contribution >= 4 is 11.9 Å². The van der Waals surface area contributed by atoms with Crippen molar-refractivity contribution in [1.29, 1.82) is 0 Å². The van der Waals surface area contributed by atoms with E-state index < -0.39 is 0 Å². The minimum atomic E-state index is -0.00317. The molecule has 1 fully saturated rings. The highest BCUT2D eigenvalue weighted by molar-refractivity contribution is 5.79. The molecule has 1 aromatic heterocycles. The molecule has 1 atom stereocenters. The van der Waals surface area contributed by atoms with Gasteiger partial charge in [-0.05, 0) is 37.0 Å². The van der Waals surface area contributed by atoms with Gasteiger partial charge in [0, 0.05) is 32.0 Å². The molecule has 1 aliphatic rings. The van der Waals surface area contributed by atoms with E-state index in [1.807, 2.05) is 12.1 Å². The number of carbonyl (C=O) groups excluding carboxylic acids is 1. The van der Waals surface area contributed by atoms with Gasteiger partial charge in [-0.15, -0.1) is 0 Å². The molecule has 5 heteroatoms. The van der Waals surface area contributed by atoms with Crippen LogP contribution >= 0.6 is 0 Å². The van der Waals surface area contributed by atoms with E-state index in [1.54, 1.807) is 18.5 Å². The summed E-state index contributed by atoms with van der Waals surface area (Å²) >= 11 is 0. The Labute approximate surface area is 136 Å². The van der Waals surface area contributed by atoms with E-state index in [9.17, 15) is 4.79 Å². The number of benzene rings is 1. The fraction of sp³-hybridized carbons (Fsp3) is 0.389. The third-order valence-electron chi connectivity index (χ3n) is 4.34. The molecule has 1 N–H and O–H groups in total. The molecule has 120 valence electrons. The van der Waals surface area contributed by atoms with Crippen LogP contribution in [-0.2, 0) is 11.3 Å². The second-order valence-corrected chi connectivity index (χ2v) is 5.98. The number of anilines is 1. The van der Waals surface area contributed by atoms with Crippen molar-refractivity contribution in [2.24, 2.45) is 5.92 Å². The molecule has 5 nitrogen and oxygen atoms in total. The standard InChI is InChI=1S/C18H22N4O/c1-14-6-2-3-7-15(14)12-21-17(23)16-8-4-11-22(13-16)18-19-9-5-10-20-18/h2-3,5-7,9-10,16H,4,8,11-13H2,1H3,(H,21,23). The predicted molar refractivity (Wildman–Crippen MR) is 90.0 cm³/mol. The largest absolute Gasteiger partial charge is 0.352 e. The SMILES string of the molecule is Cc1ccccc1CNC(=O)C1CCCN(c2ncccn2)C1. The second kappa shape index (κ2) is 7.22. The average Bonchev–Trinajstić information content (AvgIpc) is 2.62. The summed E-state index contributed by atoms with van der Waals surface area (Å²) in [7, 11) is 0. The van der Waals surface area contributed by atoms with Gasteiger partial charge in [-0.3, -0.25) is 4.79 Å². The minimum Gasteiger partial charge on any atom is -0.352 e. The first-order valence-electron chi connectivity index (χ1n) is 8.08. The third-order valence-corrected chi connectivity index (χ3v) is 4.34. The summed E-state index contributed by atoms with van der Waals surface area (Å²) in [6, 6.07) is 9.94. The van der Waals surface area contributed by atoms with Crippen molar-refractivity contribution in [1.82, 2.24) is 15.3 Å². The highest BCUT2D eigenvalue weighted by Crippen LogP contribution is 2.20. The molecule has 1 unspecified atom stereocenters. The van der Waals surface area contributed by atoms with Crippen LogP contribution in [0.3, 0.4) is 0 Å². The van der Waals surface area contributed by atoms with Crippen LogP contribution in [0.25, 0.3) is 0 Å². The second-order valence-electron chi connectivity index (χ2n) is 5.98. The van der Waals surface area contributed by atoms with Crippen molar-refractivity contribution in [2.45, 2.75) is 26.3 Å². The summed E-state index contributed by atoms with van der Waals surface area (Å²) in [5.41, 5.74) is 2.37. The zero-order chi connectivity index (χ0) is 16.1. The van der Waals surface area contributed by atoms with Crippen molar-refractivity contribution in [3.8, 4) is 0 Å². The van der Waals surface area contributed by atoms with E-state index in [0.717, 1.165) is 19.4 Å². The monoisotopic (exact) mass is 310 g/mol. The van der Waals surface area contributed by atoms with E-state index in [2.05, 4.69) is 39.2 Å². The number of aromatic nitrogens is 2. The van der Waals surface area contributed by atoms with E-state index in [1.165, 1.54) is 11.1 Å². The Hall–Kier alpha value is -2.43. The smallest absolute Gasteiger partial charge is 0.225 e. The van der Waals surface area contributed by atoms with Crippen LogP contribution in [0.1, 0.15) is 24.0 Å². The molecule has 3 rings (SSSR count). The third kappa shape index (κ3) is 3.86. The van der Waals surface area contributed by atoms with Crippen molar-refractivity contribution in [3.05, 3.63) is 53.9 Å². The molecule has 0 bridgehead atoms. The Morgan fingerprint density at radius 2 is 2.04 bits per heavy atom. The number of hydrogen-bond acceptors (Lipinski definition) is 4. The molecule has 0 spiro atoms. The fourth-order valence-electron chi connectivity index (χ4n) is 2.96. The van der Waals surface area contributed by atoms with Gasteiger partial charge in [0.2, 0.25) is 11.9 Å². The highest BCUT2D eigenvalue weighted by atomic mass is 16.1. The molecule has 0 radical (unpaired) electrons. The van der Waals surface area contributed by atoms with Gasteiger partial charge in [0.25, 0.3) is 0 Å². The van der Waals surface area contributed by atoms with Gasteiger partial charge in [-0.1, -0.05) is 24.3 Å². The number of nitrogens with one attached hydrogen (secondary N) is 1. The Balaban J connectivity index is 1.58. The van der Waals surface area contributed by atoms with Crippen LogP contribution < -0.4 is 10.2 Å². The van der Waals surface area contributed by atoms with Gasteiger partial charge < -0.3 is 10.2 Å². The maximum atomic E-state index is 12.5. The van der Waals surface area contributed by atoms with Gasteiger partial charge in [-0.2, -0.15) is 0 Å². The molecule has 2 heterocycles. The molecule has 23 heavy (non-hydrogen) atoms. The summed E-state index contributed by atoms with van der Waals surface area (Å²) in [6.45, 7) is 4.25. The van der Waals surface area contributed by atoms with Crippen LogP contribution in [0, 0.1) is 12.8 Å². The normalized spacial score (nSPS) is 17.8. The fourth-order valence-corrected chi connectivity index (χ4v) is 2.96. The van der Waals surface area contributed by atoms with Crippen molar-refractivity contribution in [3.63, 3.8) is 0 Å². The van der Waals surface area contributed by atoms with E-state index >= 15 is 0 Å². The maximum absolute atomic E-state index is 12.5. The zero-order valence-electron chi connectivity index (χ0n) is 13.4. The van der Waals surface area contributed by atoms with Gasteiger partial charge in [0.15, 0.2) is 0 Å². The summed E-state index contributed by atoms with van der Waals surface area (Å²) < 4.78 is 0. The number of amides is 1. The van der Waals surface area contributed by atoms with Crippen molar-refractivity contribution in [2.75, 3.05) is 18.0 Å². The first-order valence-corrected chi connectivity index (χ1v) is 8.08. The molecule has 2 aromatic rings. The molecular formula is C18H22N4O. The van der Waals surface area contributed by atoms with Gasteiger partial charge >= 0.3 is 0 Å². The quantitative estimate of drug-likeness (QED) is 0.941. The topological polar surface area (TPSA) is 58.1 Å². The van der Waals surface area contributed by atoms with E-state index in [-0.39, 0.29) is 11.8 Å². The molecule has 0 saturated carbocycles. The van der Waals surface area contributed by atoms with Gasteiger partial charge in [-0.25, -0.2) is 9.97 Å². The summed E-state index contributed by atoms with van der Waals surface area (Å²) in [5.74, 6) is 0.828. The highest BCUT2D eigenvalue weighted by Gasteiger charge is 2.26. The molecule has 1 aliphatic heterocycles. The van der Waals surface area contributed by atoms with Gasteiger partial charge in [0.1, 0.15) is 0 Å². The minimum absolute atomic E-state index is 0.00317. The Kier molecular flexibility index (Phi) is 4.86. The summed E-state index contributed by atoms with van der Waals surface area (Å²) in [5, 5.41) is 3.08. The number of rotatable bonds is 4. The Morgan fingerprint density at radius 1 is 1.26 bits per heavy atom. The number of piperidine rings is 1. The Morgan fingerprint density at radius 3 is 2.83 bits per heavy atom. The zero-order valence-corrected chi connectivity index (χ0v) is 13.4. The van der Waals surface area contributed by atoms with Crippen LogP contribution in [0.5, 0.6) is 0 Å². The summed E-state index contributed by atoms with van der Waals surface area (Å²) in [4.78, 5) is 23.1. The van der Waals surface area contributed by atoms with Crippen LogP contribution in [-0.4, -0.2) is 29.0 Å². The molecule has 1 aromatic carbocycles. The number of carbonyl (C=O) groups is 1. The van der Waals surface area contributed by atoms with Crippen molar-refractivity contribution < 1.29 is 4.79 Å². The van der Waals surface area contributed by atoms with Crippen LogP contribution in [0.15, 0.2) is 42.7 Å². The molecular weight excluding hydrogens is 288 g/mol. The molecule has 1 saturated heterocycles. The Bertz CT molecular complexity index is 659. The average molecular weight is 310 g/mol. The number of aryl methyl sites for hydroxylation is 1. The predicted octanol–water partition coefficient (Wildman–Crippen LogP) is 2.32. The summed E-state index contributed by atoms with van der Waals surface area (Å²) in [6.07, 6.45) is 5.39. The lowest BCUT2D eigenvalue weighted by Crippen LogP contribution is -2.43. The van der Waals surface area contributed by atoms with Gasteiger partial charge in [0.05, 0.1) is 5.92 Å². The number of hydrogen-bond donors (Lipinski definition) is 1. The lowest BCUT2D eigenvalue weighted by atomic mass is 9.97. The lowest BCUT2D eigenvalue weighted by Gasteiger charge is -2.31.